The quantitative estimate of drug-likeness (QED) is 0.688. The van der Waals surface area contributed by atoms with Crippen molar-refractivity contribution in [2.75, 3.05) is 0 Å². The molecule has 3 heteroatoms. The number of rotatable bonds is 2. The summed E-state index contributed by atoms with van der Waals surface area (Å²) < 4.78 is 0. The van der Waals surface area contributed by atoms with Crippen LogP contribution < -0.4 is 5.14 Å². The molecular weight excluding hydrogens is 170 g/mol. The predicted octanol–water partition coefficient (Wildman–Crippen LogP) is 1.88. The van der Waals surface area contributed by atoms with Gasteiger partial charge in [-0.25, -0.2) is 0 Å². The Kier molecular flexibility index (Phi) is 2.77. The summed E-state index contributed by atoms with van der Waals surface area (Å²) in [5.41, 5.74) is 0.101. The fraction of sp³-hybridized carbons (Fsp3) is 0.333. The average Bonchev–Trinajstić information content (AvgIpc) is 2.03. The first-order chi connectivity index (χ1) is 5.54. The standard InChI is InChI=1S/C9H13NOS/c1-9(2,11)7-4-3-5-8(6-7)12-10/h3-6,11H,10H2,1-2H3. The molecule has 3 N–H and O–H groups in total. The maximum absolute atomic E-state index is 9.66. The molecule has 0 radical (unpaired) electrons. The van der Waals surface area contributed by atoms with Crippen molar-refractivity contribution in [3.8, 4) is 0 Å². The van der Waals surface area contributed by atoms with E-state index in [0.29, 0.717) is 0 Å². The van der Waals surface area contributed by atoms with Gasteiger partial charge in [0.25, 0.3) is 0 Å². The molecule has 2 nitrogen and oxygen atoms in total. The van der Waals surface area contributed by atoms with Crippen LogP contribution in [0.3, 0.4) is 0 Å². The van der Waals surface area contributed by atoms with Gasteiger partial charge in [-0.05, 0) is 43.5 Å². The minimum Gasteiger partial charge on any atom is -0.386 e. The van der Waals surface area contributed by atoms with Gasteiger partial charge in [0.15, 0.2) is 0 Å². The molecule has 1 aromatic carbocycles. The molecular formula is C9H13NOS. The molecule has 0 aliphatic carbocycles. The molecule has 0 aliphatic rings. The largest absolute Gasteiger partial charge is 0.386 e. The van der Waals surface area contributed by atoms with Crippen molar-refractivity contribution in [2.45, 2.75) is 24.3 Å². The van der Waals surface area contributed by atoms with Crippen LogP contribution in [0.4, 0.5) is 0 Å². The summed E-state index contributed by atoms with van der Waals surface area (Å²) in [6.45, 7) is 3.51. The first-order valence-corrected chi connectivity index (χ1v) is 4.61. The maximum Gasteiger partial charge on any atom is 0.0840 e. The van der Waals surface area contributed by atoms with E-state index in [0.717, 1.165) is 10.5 Å². The Morgan fingerprint density at radius 3 is 2.58 bits per heavy atom. The van der Waals surface area contributed by atoms with Gasteiger partial charge in [-0.1, -0.05) is 12.1 Å². The van der Waals surface area contributed by atoms with Gasteiger partial charge in [0.1, 0.15) is 0 Å². The van der Waals surface area contributed by atoms with Crippen molar-refractivity contribution >= 4 is 11.9 Å². The molecule has 1 rings (SSSR count). The molecule has 0 amide bonds. The summed E-state index contributed by atoms with van der Waals surface area (Å²) in [5.74, 6) is 0. The fourth-order valence-corrected chi connectivity index (χ4v) is 1.30. The van der Waals surface area contributed by atoms with Crippen molar-refractivity contribution in [3.05, 3.63) is 29.8 Å². The summed E-state index contributed by atoms with van der Waals surface area (Å²) in [7, 11) is 0. The van der Waals surface area contributed by atoms with Crippen molar-refractivity contribution in [1.29, 1.82) is 0 Å². The first kappa shape index (κ1) is 9.58. The predicted molar refractivity (Wildman–Crippen MR) is 51.7 cm³/mol. The maximum atomic E-state index is 9.66. The van der Waals surface area contributed by atoms with E-state index < -0.39 is 5.60 Å². The van der Waals surface area contributed by atoms with E-state index in [2.05, 4.69) is 0 Å². The molecule has 0 spiro atoms. The van der Waals surface area contributed by atoms with E-state index in [1.165, 1.54) is 11.9 Å². The normalized spacial score (nSPS) is 11.7. The van der Waals surface area contributed by atoms with E-state index in [9.17, 15) is 5.11 Å². The van der Waals surface area contributed by atoms with Crippen molar-refractivity contribution in [2.24, 2.45) is 5.14 Å². The summed E-state index contributed by atoms with van der Waals surface area (Å²) in [4.78, 5) is 0.967. The van der Waals surface area contributed by atoms with Gasteiger partial charge >= 0.3 is 0 Å². The molecule has 0 fully saturated rings. The Morgan fingerprint density at radius 2 is 2.08 bits per heavy atom. The first-order valence-electron chi connectivity index (χ1n) is 3.73. The zero-order chi connectivity index (χ0) is 9.19. The highest BCUT2D eigenvalue weighted by atomic mass is 32.2. The molecule has 0 aromatic heterocycles. The lowest BCUT2D eigenvalue weighted by Crippen LogP contribution is -2.15. The van der Waals surface area contributed by atoms with Gasteiger partial charge < -0.3 is 5.11 Å². The lowest BCUT2D eigenvalue weighted by molar-refractivity contribution is 0.0784. The Balaban J connectivity index is 3.02. The second-order valence-electron chi connectivity index (χ2n) is 3.20. The zero-order valence-electron chi connectivity index (χ0n) is 7.24. The van der Waals surface area contributed by atoms with Crippen LogP contribution in [0.2, 0.25) is 0 Å². The summed E-state index contributed by atoms with van der Waals surface area (Å²) >= 11 is 1.19. The SMILES string of the molecule is CC(C)(O)c1cccc(SN)c1. The lowest BCUT2D eigenvalue weighted by Gasteiger charge is -2.17. The third kappa shape index (κ3) is 2.24. The summed E-state index contributed by atoms with van der Waals surface area (Å²) in [6, 6.07) is 7.59. The van der Waals surface area contributed by atoms with Gasteiger partial charge in [-0.2, -0.15) is 0 Å². The third-order valence-electron chi connectivity index (χ3n) is 1.68. The number of hydrogen-bond acceptors (Lipinski definition) is 3. The molecule has 12 heavy (non-hydrogen) atoms. The molecule has 66 valence electrons. The smallest absolute Gasteiger partial charge is 0.0840 e. The van der Waals surface area contributed by atoms with Gasteiger partial charge in [0.05, 0.1) is 5.60 Å². The van der Waals surface area contributed by atoms with Crippen LogP contribution in [0.25, 0.3) is 0 Å². The molecule has 0 unspecified atom stereocenters. The number of benzene rings is 1. The molecule has 0 saturated carbocycles. The van der Waals surface area contributed by atoms with Crippen LogP contribution in [-0.2, 0) is 5.60 Å². The molecule has 0 heterocycles. The van der Waals surface area contributed by atoms with E-state index >= 15 is 0 Å². The van der Waals surface area contributed by atoms with Gasteiger partial charge in [0.2, 0.25) is 0 Å². The van der Waals surface area contributed by atoms with E-state index in [1.807, 2.05) is 24.3 Å². The molecule has 0 bridgehead atoms. The zero-order valence-corrected chi connectivity index (χ0v) is 8.06. The van der Waals surface area contributed by atoms with Crippen LogP contribution in [0, 0.1) is 0 Å². The van der Waals surface area contributed by atoms with E-state index in [1.54, 1.807) is 13.8 Å². The van der Waals surface area contributed by atoms with Crippen LogP contribution in [0.1, 0.15) is 19.4 Å². The Morgan fingerprint density at radius 1 is 1.42 bits per heavy atom. The highest BCUT2D eigenvalue weighted by Crippen LogP contribution is 2.22. The Hall–Kier alpha value is -0.510. The summed E-state index contributed by atoms with van der Waals surface area (Å²) in [5, 5.41) is 15.1. The molecule has 0 atom stereocenters. The third-order valence-corrected chi connectivity index (χ3v) is 2.20. The summed E-state index contributed by atoms with van der Waals surface area (Å²) in [6.07, 6.45) is 0. The topological polar surface area (TPSA) is 46.2 Å². The Labute approximate surface area is 76.9 Å². The monoisotopic (exact) mass is 183 g/mol. The van der Waals surface area contributed by atoms with Crippen molar-refractivity contribution in [3.63, 3.8) is 0 Å². The van der Waals surface area contributed by atoms with Crippen molar-refractivity contribution < 1.29 is 5.11 Å². The highest BCUT2D eigenvalue weighted by Gasteiger charge is 2.15. The lowest BCUT2D eigenvalue weighted by atomic mass is 9.99. The highest BCUT2D eigenvalue weighted by molar-refractivity contribution is 7.97. The number of hydrogen-bond donors (Lipinski definition) is 2. The van der Waals surface area contributed by atoms with Crippen LogP contribution in [-0.4, -0.2) is 5.11 Å². The molecule has 0 aliphatic heterocycles. The second-order valence-corrected chi connectivity index (χ2v) is 3.91. The van der Waals surface area contributed by atoms with Crippen LogP contribution in [0.5, 0.6) is 0 Å². The Bertz CT molecular complexity index is 267. The van der Waals surface area contributed by atoms with E-state index in [4.69, 9.17) is 5.14 Å². The van der Waals surface area contributed by atoms with E-state index in [-0.39, 0.29) is 0 Å². The van der Waals surface area contributed by atoms with Gasteiger partial charge in [0, 0.05) is 4.90 Å². The average molecular weight is 183 g/mol. The van der Waals surface area contributed by atoms with Crippen LogP contribution in [0.15, 0.2) is 29.2 Å². The second kappa shape index (κ2) is 3.47. The van der Waals surface area contributed by atoms with Gasteiger partial charge in [-0.15, -0.1) is 0 Å². The van der Waals surface area contributed by atoms with Crippen molar-refractivity contribution in [1.82, 2.24) is 0 Å². The van der Waals surface area contributed by atoms with Gasteiger partial charge in [-0.3, -0.25) is 5.14 Å². The number of nitrogens with two attached hydrogens (primary N) is 1. The van der Waals surface area contributed by atoms with Crippen LogP contribution >= 0.6 is 11.9 Å². The minimum absolute atomic E-state index is 0.786. The molecule has 0 saturated heterocycles. The minimum atomic E-state index is -0.786. The number of aliphatic hydroxyl groups is 1. The fourth-order valence-electron chi connectivity index (χ4n) is 0.950. The molecule has 1 aromatic rings.